The molecule has 0 fully saturated rings. The molecule has 138 valence electrons. The SMILES string of the molecule is CN=C(NCCCCCC(=O)OC)NCCCOCC(C)C.I. The molecule has 0 aromatic rings. The lowest BCUT2D eigenvalue weighted by molar-refractivity contribution is -0.140. The minimum atomic E-state index is -0.134. The van der Waals surface area contributed by atoms with Gasteiger partial charge in [-0.05, 0) is 25.2 Å². The maximum atomic E-state index is 11.0. The predicted molar refractivity (Wildman–Crippen MR) is 106 cm³/mol. The molecule has 0 atom stereocenters. The Morgan fingerprint density at radius 1 is 1.09 bits per heavy atom. The normalized spacial score (nSPS) is 11.1. The summed E-state index contributed by atoms with van der Waals surface area (Å²) in [7, 11) is 3.19. The molecule has 0 radical (unpaired) electrons. The van der Waals surface area contributed by atoms with Gasteiger partial charge in [-0.1, -0.05) is 20.3 Å². The van der Waals surface area contributed by atoms with Crippen LogP contribution in [0.5, 0.6) is 0 Å². The molecule has 0 unspecified atom stereocenters. The van der Waals surface area contributed by atoms with Crippen molar-refractivity contribution in [2.75, 3.05) is 40.5 Å². The molecule has 0 heterocycles. The van der Waals surface area contributed by atoms with Crippen LogP contribution in [0.2, 0.25) is 0 Å². The fourth-order valence-electron chi connectivity index (χ4n) is 1.80. The van der Waals surface area contributed by atoms with E-state index < -0.39 is 0 Å². The standard InChI is InChI=1S/C16H33N3O3.HI/c1-14(2)13-22-12-8-11-19-16(17-3)18-10-7-5-6-9-15(20)21-4;/h14H,5-13H2,1-4H3,(H2,17,18,19);1H. The highest BCUT2D eigenvalue weighted by Gasteiger charge is 2.00. The molecule has 0 saturated carbocycles. The lowest BCUT2D eigenvalue weighted by Gasteiger charge is -2.12. The number of carbonyl (C=O) groups is 1. The minimum Gasteiger partial charge on any atom is -0.469 e. The van der Waals surface area contributed by atoms with Crippen LogP contribution >= 0.6 is 24.0 Å². The van der Waals surface area contributed by atoms with Crippen molar-refractivity contribution < 1.29 is 14.3 Å². The summed E-state index contributed by atoms with van der Waals surface area (Å²) in [5.41, 5.74) is 0. The number of methoxy groups -OCH3 is 1. The average Bonchev–Trinajstić information content (AvgIpc) is 2.51. The van der Waals surface area contributed by atoms with E-state index in [0.29, 0.717) is 12.3 Å². The molecule has 23 heavy (non-hydrogen) atoms. The van der Waals surface area contributed by atoms with E-state index in [1.807, 2.05) is 0 Å². The number of aliphatic imine (C=N–C) groups is 1. The summed E-state index contributed by atoms with van der Waals surface area (Å²) < 4.78 is 10.1. The van der Waals surface area contributed by atoms with Gasteiger partial charge in [-0.3, -0.25) is 9.79 Å². The van der Waals surface area contributed by atoms with Gasteiger partial charge in [0.2, 0.25) is 0 Å². The second kappa shape index (κ2) is 17.8. The first kappa shape index (κ1) is 24.7. The van der Waals surface area contributed by atoms with Gasteiger partial charge < -0.3 is 20.1 Å². The summed E-state index contributed by atoms with van der Waals surface area (Å²) >= 11 is 0. The van der Waals surface area contributed by atoms with Gasteiger partial charge in [0.25, 0.3) is 0 Å². The maximum absolute atomic E-state index is 11.0. The van der Waals surface area contributed by atoms with Gasteiger partial charge in [0.05, 0.1) is 7.11 Å². The van der Waals surface area contributed by atoms with Crippen LogP contribution in [-0.4, -0.2) is 52.4 Å². The Kier molecular flexibility index (Phi) is 19.1. The third-order valence-corrected chi connectivity index (χ3v) is 3.01. The Morgan fingerprint density at radius 3 is 2.30 bits per heavy atom. The number of unbranched alkanes of at least 4 members (excludes halogenated alkanes) is 2. The molecule has 0 aliphatic heterocycles. The second-order valence-electron chi connectivity index (χ2n) is 5.63. The van der Waals surface area contributed by atoms with Crippen molar-refractivity contribution in [2.45, 2.75) is 46.0 Å². The van der Waals surface area contributed by atoms with Gasteiger partial charge in [0.1, 0.15) is 0 Å². The van der Waals surface area contributed by atoms with Gasteiger partial charge >= 0.3 is 5.97 Å². The summed E-state index contributed by atoms with van der Waals surface area (Å²) in [5, 5.41) is 6.52. The van der Waals surface area contributed by atoms with E-state index in [4.69, 9.17) is 4.74 Å². The number of nitrogens with zero attached hydrogens (tertiary/aromatic N) is 1. The molecule has 0 bridgehead atoms. The Morgan fingerprint density at radius 2 is 1.74 bits per heavy atom. The van der Waals surface area contributed by atoms with Crippen molar-refractivity contribution in [2.24, 2.45) is 10.9 Å². The van der Waals surface area contributed by atoms with Crippen LogP contribution in [0.1, 0.15) is 46.0 Å². The smallest absolute Gasteiger partial charge is 0.305 e. The van der Waals surface area contributed by atoms with Crippen molar-refractivity contribution in [1.82, 2.24) is 10.6 Å². The molecule has 0 aliphatic rings. The minimum absolute atomic E-state index is 0. The fourth-order valence-corrected chi connectivity index (χ4v) is 1.80. The highest BCUT2D eigenvalue weighted by atomic mass is 127. The van der Waals surface area contributed by atoms with Crippen LogP contribution < -0.4 is 10.6 Å². The predicted octanol–water partition coefficient (Wildman–Crippen LogP) is 2.57. The lowest BCUT2D eigenvalue weighted by atomic mass is 10.2. The van der Waals surface area contributed by atoms with E-state index in [1.54, 1.807) is 7.05 Å². The monoisotopic (exact) mass is 443 g/mol. The van der Waals surface area contributed by atoms with Crippen LogP contribution in [0.25, 0.3) is 0 Å². The van der Waals surface area contributed by atoms with E-state index in [0.717, 1.165) is 57.9 Å². The number of nitrogens with one attached hydrogen (secondary N) is 2. The van der Waals surface area contributed by atoms with Crippen LogP contribution in [0.15, 0.2) is 4.99 Å². The van der Waals surface area contributed by atoms with E-state index in [2.05, 4.69) is 34.2 Å². The van der Waals surface area contributed by atoms with Crippen LogP contribution in [0.3, 0.4) is 0 Å². The van der Waals surface area contributed by atoms with Gasteiger partial charge in [-0.25, -0.2) is 0 Å². The van der Waals surface area contributed by atoms with Crippen molar-refractivity contribution in [3.05, 3.63) is 0 Å². The molecule has 6 nitrogen and oxygen atoms in total. The molecule has 7 heteroatoms. The number of halogens is 1. The van der Waals surface area contributed by atoms with Gasteiger partial charge in [0.15, 0.2) is 5.96 Å². The zero-order valence-electron chi connectivity index (χ0n) is 15.0. The molecule has 0 aromatic carbocycles. The average molecular weight is 443 g/mol. The van der Waals surface area contributed by atoms with E-state index >= 15 is 0 Å². The number of carbonyl (C=O) groups excluding carboxylic acids is 1. The Labute approximate surface area is 158 Å². The quantitative estimate of drug-likeness (QED) is 0.160. The highest BCUT2D eigenvalue weighted by molar-refractivity contribution is 14.0. The number of ether oxygens (including phenoxy) is 2. The van der Waals surface area contributed by atoms with Crippen molar-refractivity contribution in [3.8, 4) is 0 Å². The second-order valence-corrected chi connectivity index (χ2v) is 5.63. The molecule has 0 saturated heterocycles. The summed E-state index contributed by atoms with van der Waals surface area (Å²) in [6.45, 7) is 7.59. The molecule has 2 N–H and O–H groups in total. The van der Waals surface area contributed by atoms with E-state index in [-0.39, 0.29) is 29.9 Å². The summed E-state index contributed by atoms with van der Waals surface area (Å²) in [5.74, 6) is 1.27. The van der Waals surface area contributed by atoms with Gasteiger partial charge in [0, 0.05) is 39.8 Å². The van der Waals surface area contributed by atoms with Gasteiger partial charge in [-0.2, -0.15) is 0 Å². The molecular weight excluding hydrogens is 409 g/mol. The first-order chi connectivity index (χ1) is 10.6. The number of guanidine groups is 1. The van der Waals surface area contributed by atoms with Crippen molar-refractivity contribution >= 4 is 35.9 Å². The lowest BCUT2D eigenvalue weighted by Crippen LogP contribution is -2.38. The summed E-state index contributed by atoms with van der Waals surface area (Å²) in [6, 6.07) is 0. The molecule has 0 aliphatic carbocycles. The molecule has 0 rings (SSSR count). The molecule has 0 amide bonds. The Hall–Kier alpha value is -0.570. The summed E-state index contributed by atoms with van der Waals surface area (Å²) in [6.07, 6.45) is 4.34. The van der Waals surface area contributed by atoms with Crippen molar-refractivity contribution in [3.63, 3.8) is 0 Å². The Bertz CT molecular complexity index is 313. The van der Waals surface area contributed by atoms with Gasteiger partial charge in [-0.15, -0.1) is 24.0 Å². The first-order valence-corrected chi connectivity index (χ1v) is 8.19. The zero-order chi connectivity index (χ0) is 16.6. The molecule has 0 aromatic heterocycles. The number of esters is 1. The first-order valence-electron chi connectivity index (χ1n) is 8.19. The largest absolute Gasteiger partial charge is 0.469 e. The van der Waals surface area contributed by atoms with Crippen LogP contribution in [-0.2, 0) is 14.3 Å². The third-order valence-electron chi connectivity index (χ3n) is 3.01. The third kappa shape index (κ3) is 17.6. The fraction of sp³-hybridized carbons (Fsp3) is 0.875. The number of rotatable bonds is 12. The van der Waals surface area contributed by atoms with Crippen LogP contribution in [0, 0.1) is 5.92 Å². The Balaban J connectivity index is 0. The van der Waals surface area contributed by atoms with Crippen molar-refractivity contribution in [1.29, 1.82) is 0 Å². The maximum Gasteiger partial charge on any atom is 0.305 e. The molecular formula is C16H34IN3O3. The highest BCUT2D eigenvalue weighted by Crippen LogP contribution is 2.00. The van der Waals surface area contributed by atoms with Crippen LogP contribution in [0.4, 0.5) is 0 Å². The van der Waals surface area contributed by atoms with E-state index in [1.165, 1.54) is 7.11 Å². The zero-order valence-corrected chi connectivity index (χ0v) is 17.4. The number of hydrogen-bond donors (Lipinski definition) is 2. The summed E-state index contributed by atoms with van der Waals surface area (Å²) in [4.78, 5) is 15.1. The number of hydrogen-bond acceptors (Lipinski definition) is 4. The topological polar surface area (TPSA) is 72.0 Å². The molecule has 0 spiro atoms. The van der Waals surface area contributed by atoms with E-state index in [9.17, 15) is 4.79 Å².